The quantitative estimate of drug-likeness (QED) is 0.719. The summed E-state index contributed by atoms with van der Waals surface area (Å²) in [4.78, 5) is 22.9. The Hall–Kier alpha value is -3.03. The Morgan fingerprint density at radius 3 is 2.88 bits per heavy atom. The molecule has 0 radical (unpaired) electrons. The minimum Gasteiger partial charge on any atom is -0.361 e. The predicted octanol–water partition coefficient (Wildman–Crippen LogP) is 2.33. The third-order valence-electron chi connectivity index (χ3n) is 4.24. The molecule has 1 aliphatic rings. The number of likely N-dealkylation sites (tertiary alicyclic amines) is 1. The van der Waals surface area contributed by atoms with Gasteiger partial charge in [0.25, 0.3) is 0 Å². The number of hydrogen-bond acceptors (Lipinski definition) is 7. The molecule has 4 rings (SSSR count). The van der Waals surface area contributed by atoms with Crippen LogP contribution >= 0.6 is 0 Å². The Bertz CT molecular complexity index is 873. The minimum absolute atomic E-state index is 0.0256. The Morgan fingerprint density at radius 2 is 2.12 bits per heavy atom. The summed E-state index contributed by atoms with van der Waals surface area (Å²) in [5.41, 5.74) is 1.60. The zero-order valence-electron chi connectivity index (χ0n) is 13.8. The number of amides is 1. The Labute approximate surface area is 143 Å². The first kappa shape index (κ1) is 15.5. The molecule has 0 aromatic carbocycles. The lowest BCUT2D eigenvalue weighted by molar-refractivity contribution is -0.132. The Balaban J connectivity index is 1.51. The SMILES string of the molecule is Cc1cc(CC(=O)N2CCC[C@H]2c2nc(-c3ccncc3)no2)on1. The van der Waals surface area contributed by atoms with E-state index < -0.39 is 0 Å². The highest BCUT2D eigenvalue weighted by molar-refractivity contribution is 5.78. The second-order valence-electron chi connectivity index (χ2n) is 6.05. The maximum absolute atomic E-state index is 12.6. The van der Waals surface area contributed by atoms with E-state index in [1.807, 2.05) is 19.1 Å². The first-order valence-corrected chi connectivity index (χ1v) is 8.16. The van der Waals surface area contributed by atoms with Gasteiger partial charge in [-0.3, -0.25) is 9.78 Å². The van der Waals surface area contributed by atoms with E-state index in [4.69, 9.17) is 9.05 Å². The summed E-state index contributed by atoms with van der Waals surface area (Å²) >= 11 is 0. The van der Waals surface area contributed by atoms with Gasteiger partial charge in [-0.2, -0.15) is 4.98 Å². The van der Waals surface area contributed by atoms with Crippen molar-refractivity contribution in [3.8, 4) is 11.4 Å². The number of carbonyl (C=O) groups is 1. The summed E-state index contributed by atoms with van der Waals surface area (Å²) in [6.45, 7) is 2.50. The average molecular weight is 339 g/mol. The van der Waals surface area contributed by atoms with E-state index in [9.17, 15) is 4.79 Å². The molecule has 8 heteroatoms. The molecule has 1 atom stereocenters. The number of carbonyl (C=O) groups excluding carboxylic acids is 1. The van der Waals surface area contributed by atoms with Gasteiger partial charge in [0.2, 0.25) is 17.6 Å². The van der Waals surface area contributed by atoms with Gasteiger partial charge in [0.1, 0.15) is 11.8 Å². The topological polar surface area (TPSA) is 98.2 Å². The van der Waals surface area contributed by atoms with Crippen molar-refractivity contribution in [1.29, 1.82) is 0 Å². The van der Waals surface area contributed by atoms with E-state index in [1.165, 1.54) is 0 Å². The molecule has 8 nitrogen and oxygen atoms in total. The summed E-state index contributed by atoms with van der Waals surface area (Å²) in [6, 6.07) is 5.22. The minimum atomic E-state index is -0.195. The van der Waals surface area contributed by atoms with Crippen LogP contribution in [0.4, 0.5) is 0 Å². The normalized spacial score (nSPS) is 17.2. The molecular weight excluding hydrogens is 322 g/mol. The third-order valence-corrected chi connectivity index (χ3v) is 4.24. The predicted molar refractivity (Wildman–Crippen MR) is 86.2 cm³/mol. The van der Waals surface area contributed by atoms with Gasteiger partial charge in [0, 0.05) is 30.6 Å². The average Bonchev–Trinajstić information content (AvgIpc) is 3.35. The molecule has 1 saturated heterocycles. The van der Waals surface area contributed by atoms with Crippen LogP contribution < -0.4 is 0 Å². The third kappa shape index (κ3) is 3.15. The number of rotatable bonds is 4. The zero-order valence-corrected chi connectivity index (χ0v) is 13.8. The van der Waals surface area contributed by atoms with Crippen LogP contribution in [0.25, 0.3) is 11.4 Å². The lowest BCUT2D eigenvalue weighted by Gasteiger charge is -2.21. The number of aromatic nitrogens is 4. The number of hydrogen-bond donors (Lipinski definition) is 0. The van der Waals surface area contributed by atoms with Crippen LogP contribution in [-0.2, 0) is 11.2 Å². The van der Waals surface area contributed by atoms with E-state index in [0.717, 1.165) is 24.1 Å². The molecule has 0 N–H and O–H groups in total. The van der Waals surface area contributed by atoms with Crippen LogP contribution in [0.2, 0.25) is 0 Å². The van der Waals surface area contributed by atoms with Crippen molar-refractivity contribution in [2.45, 2.75) is 32.2 Å². The van der Waals surface area contributed by atoms with Crippen molar-refractivity contribution in [2.75, 3.05) is 6.54 Å². The fraction of sp³-hybridized carbons (Fsp3) is 0.353. The van der Waals surface area contributed by atoms with Crippen molar-refractivity contribution < 1.29 is 13.8 Å². The summed E-state index contributed by atoms with van der Waals surface area (Å²) in [7, 11) is 0. The highest BCUT2D eigenvalue weighted by atomic mass is 16.5. The van der Waals surface area contributed by atoms with E-state index >= 15 is 0 Å². The maximum Gasteiger partial charge on any atom is 0.249 e. The molecule has 3 aromatic rings. The molecule has 0 unspecified atom stereocenters. The smallest absolute Gasteiger partial charge is 0.249 e. The molecule has 0 aliphatic carbocycles. The number of pyridine rings is 1. The highest BCUT2D eigenvalue weighted by Crippen LogP contribution is 2.32. The van der Waals surface area contributed by atoms with Crippen molar-refractivity contribution in [2.24, 2.45) is 0 Å². The standard InChI is InChI=1S/C17H17N5O3/c1-11-9-13(24-20-11)10-15(23)22-8-2-3-14(22)17-19-16(21-25-17)12-4-6-18-7-5-12/h4-7,9,14H,2-3,8,10H2,1H3/t14-/m0/s1. The Kier molecular flexibility index (Phi) is 4.01. The van der Waals surface area contributed by atoms with Crippen LogP contribution in [0, 0.1) is 6.92 Å². The molecule has 128 valence electrons. The van der Waals surface area contributed by atoms with Gasteiger partial charge < -0.3 is 13.9 Å². The van der Waals surface area contributed by atoms with Crippen LogP contribution in [-0.4, -0.2) is 37.6 Å². The second-order valence-corrected chi connectivity index (χ2v) is 6.05. The van der Waals surface area contributed by atoms with Crippen molar-refractivity contribution in [1.82, 2.24) is 25.2 Å². The molecule has 1 fully saturated rings. The number of aryl methyl sites for hydroxylation is 1. The second kappa shape index (κ2) is 6.46. The van der Waals surface area contributed by atoms with Gasteiger partial charge in [0.05, 0.1) is 12.1 Å². The van der Waals surface area contributed by atoms with E-state index in [1.54, 1.807) is 23.4 Å². The molecule has 1 amide bonds. The van der Waals surface area contributed by atoms with Gasteiger partial charge in [0.15, 0.2) is 0 Å². The summed E-state index contributed by atoms with van der Waals surface area (Å²) in [5.74, 6) is 1.51. The largest absolute Gasteiger partial charge is 0.361 e. The monoisotopic (exact) mass is 339 g/mol. The van der Waals surface area contributed by atoms with E-state index in [-0.39, 0.29) is 18.4 Å². The van der Waals surface area contributed by atoms with Gasteiger partial charge in [-0.25, -0.2) is 0 Å². The van der Waals surface area contributed by atoms with E-state index in [2.05, 4.69) is 20.3 Å². The van der Waals surface area contributed by atoms with Gasteiger partial charge in [-0.1, -0.05) is 10.3 Å². The first-order valence-electron chi connectivity index (χ1n) is 8.16. The summed E-state index contributed by atoms with van der Waals surface area (Å²) in [6.07, 6.45) is 5.24. The van der Waals surface area contributed by atoms with Crippen LogP contribution in [0.5, 0.6) is 0 Å². The number of nitrogens with zero attached hydrogens (tertiary/aromatic N) is 5. The van der Waals surface area contributed by atoms with Gasteiger partial charge in [-0.15, -0.1) is 0 Å². The van der Waals surface area contributed by atoms with Gasteiger partial charge in [-0.05, 0) is 31.9 Å². The molecule has 0 spiro atoms. The Morgan fingerprint density at radius 1 is 1.28 bits per heavy atom. The molecular formula is C17H17N5O3. The van der Waals surface area contributed by atoms with Crippen molar-refractivity contribution >= 4 is 5.91 Å². The lowest BCUT2D eigenvalue weighted by Crippen LogP contribution is -2.31. The molecule has 1 aliphatic heterocycles. The van der Waals surface area contributed by atoms with Gasteiger partial charge >= 0.3 is 0 Å². The fourth-order valence-electron chi connectivity index (χ4n) is 3.06. The first-order chi connectivity index (χ1) is 12.2. The molecule has 25 heavy (non-hydrogen) atoms. The van der Waals surface area contributed by atoms with Crippen LogP contribution in [0.1, 0.15) is 36.2 Å². The fourth-order valence-corrected chi connectivity index (χ4v) is 3.06. The van der Waals surface area contributed by atoms with Crippen LogP contribution in [0.15, 0.2) is 39.6 Å². The van der Waals surface area contributed by atoms with Crippen molar-refractivity contribution in [3.05, 3.63) is 47.9 Å². The van der Waals surface area contributed by atoms with E-state index in [0.29, 0.717) is 24.0 Å². The molecule has 3 aromatic heterocycles. The van der Waals surface area contributed by atoms with Crippen LogP contribution in [0.3, 0.4) is 0 Å². The molecule has 0 saturated carbocycles. The van der Waals surface area contributed by atoms with Crippen molar-refractivity contribution in [3.63, 3.8) is 0 Å². The highest BCUT2D eigenvalue weighted by Gasteiger charge is 2.34. The maximum atomic E-state index is 12.6. The zero-order chi connectivity index (χ0) is 17.2. The summed E-state index contributed by atoms with van der Waals surface area (Å²) < 4.78 is 10.6. The molecule has 4 heterocycles. The molecule has 0 bridgehead atoms. The lowest BCUT2D eigenvalue weighted by atomic mass is 10.2. The summed E-state index contributed by atoms with van der Waals surface area (Å²) in [5, 5.41) is 7.85.